The second-order valence-corrected chi connectivity index (χ2v) is 8.13. The van der Waals surface area contributed by atoms with Gasteiger partial charge in [0, 0.05) is 17.8 Å². The highest BCUT2D eigenvalue weighted by Crippen LogP contribution is 2.36. The Morgan fingerprint density at radius 3 is 2.36 bits per heavy atom. The van der Waals surface area contributed by atoms with Gasteiger partial charge in [0.15, 0.2) is 0 Å². The van der Waals surface area contributed by atoms with Crippen LogP contribution < -0.4 is 15.6 Å². The van der Waals surface area contributed by atoms with Gasteiger partial charge in [-0.3, -0.25) is 4.79 Å². The molecule has 0 spiro atoms. The Morgan fingerprint density at radius 1 is 0.879 bits per heavy atom. The lowest BCUT2D eigenvalue weighted by atomic mass is 10.0. The van der Waals surface area contributed by atoms with Gasteiger partial charge in [-0.2, -0.15) is 9.61 Å². The molecule has 0 aliphatic carbocycles. The van der Waals surface area contributed by atoms with Crippen LogP contribution in [0.4, 0.5) is 5.69 Å². The van der Waals surface area contributed by atoms with Gasteiger partial charge in [0.2, 0.25) is 0 Å². The van der Waals surface area contributed by atoms with Gasteiger partial charge >= 0.3 is 0 Å². The molecular formula is C27H22N4O2. The fraction of sp³-hybridized carbons (Fsp3) is 0.111. The van der Waals surface area contributed by atoms with Gasteiger partial charge in [0.1, 0.15) is 23.7 Å². The smallest absolute Gasteiger partial charge is 0.282 e. The third-order valence-electron chi connectivity index (χ3n) is 6.03. The van der Waals surface area contributed by atoms with Crippen LogP contribution in [0, 0.1) is 6.92 Å². The Labute approximate surface area is 190 Å². The van der Waals surface area contributed by atoms with Gasteiger partial charge < -0.3 is 15.0 Å². The minimum Gasteiger partial charge on any atom is -0.490 e. The molecule has 1 aliphatic heterocycles. The predicted octanol–water partition coefficient (Wildman–Crippen LogP) is 5.14. The number of anilines is 1. The van der Waals surface area contributed by atoms with E-state index in [4.69, 9.17) is 9.84 Å². The largest absolute Gasteiger partial charge is 0.490 e. The fourth-order valence-corrected chi connectivity index (χ4v) is 4.50. The number of benzene rings is 3. The lowest BCUT2D eigenvalue weighted by Gasteiger charge is -2.20. The van der Waals surface area contributed by atoms with E-state index in [0.29, 0.717) is 17.8 Å². The molecule has 162 valence electrons. The minimum absolute atomic E-state index is 0.155. The number of aromatic amines is 1. The molecule has 0 bridgehead atoms. The van der Waals surface area contributed by atoms with Crippen LogP contribution in [0.2, 0.25) is 0 Å². The van der Waals surface area contributed by atoms with Crippen molar-refractivity contribution in [3.8, 4) is 39.3 Å². The maximum absolute atomic E-state index is 13.8. The molecule has 0 unspecified atom stereocenters. The molecule has 0 saturated carbocycles. The molecule has 1 aliphatic rings. The maximum atomic E-state index is 13.8. The zero-order valence-corrected chi connectivity index (χ0v) is 18.1. The lowest BCUT2D eigenvalue weighted by molar-refractivity contribution is 0.323. The van der Waals surface area contributed by atoms with Gasteiger partial charge in [0.25, 0.3) is 5.56 Å². The Hall–Kier alpha value is -4.32. The molecule has 5 aromatic rings. The van der Waals surface area contributed by atoms with Crippen LogP contribution in [0.1, 0.15) is 5.69 Å². The Bertz CT molecular complexity index is 1540. The first-order valence-electron chi connectivity index (χ1n) is 11.0. The van der Waals surface area contributed by atoms with E-state index in [1.54, 1.807) is 0 Å². The van der Waals surface area contributed by atoms with Crippen LogP contribution in [-0.2, 0) is 0 Å². The van der Waals surface area contributed by atoms with Crippen molar-refractivity contribution in [2.24, 2.45) is 0 Å². The zero-order chi connectivity index (χ0) is 22.4. The van der Waals surface area contributed by atoms with Crippen molar-refractivity contribution < 1.29 is 4.74 Å². The van der Waals surface area contributed by atoms with E-state index in [2.05, 4.69) is 10.3 Å². The molecule has 6 nitrogen and oxygen atoms in total. The number of nitrogens with one attached hydrogen (secondary N) is 2. The average molecular weight is 434 g/mol. The Balaban J connectivity index is 1.63. The lowest BCUT2D eigenvalue weighted by Crippen LogP contribution is -2.20. The average Bonchev–Trinajstić information content (AvgIpc) is 3.24. The highest BCUT2D eigenvalue weighted by molar-refractivity contribution is 5.91. The number of H-pyrrole nitrogens is 1. The first-order valence-corrected chi connectivity index (χ1v) is 11.0. The van der Waals surface area contributed by atoms with Crippen LogP contribution in [0.15, 0.2) is 83.7 Å². The van der Waals surface area contributed by atoms with Gasteiger partial charge in [-0.05, 0) is 30.2 Å². The summed E-state index contributed by atoms with van der Waals surface area (Å²) in [6.07, 6.45) is 0. The molecule has 0 atom stereocenters. The Morgan fingerprint density at radius 2 is 1.61 bits per heavy atom. The molecule has 3 aromatic carbocycles. The van der Waals surface area contributed by atoms with E-state index < -0.39 is 0 Å². The van der Waals surface area contributed by atoms with Crippen molar-refractivity contribution >= 4 is 11.3 Å². The van der Waals surface area contributed by atoms with Gasteiger partial charge in [-0.1, -0.05) is 66.7 Å². The molecule has 0 amide bonds. The van der Waals surface area contributed by atoms with Crippen LogP contribution >= 0.6 is 0 Å². The van der Waals surface area contributed by atoms with Crippen molar-refractivity contribution in [2.45, 2.75) is 6.92 Å². The minimum atomic E-state index is -0.155. The normalized spacial score (nSPS) is 12.8. The second kappa shape index (κ2) is 7.67. The first kappa shape index (κ1) is 19.4. The maximum Gasteiger partial charge on any atom is 0.282 e. The van der Waals surface area contributed by atoms with Crippen molar-refractivity contribution in [1.82, 2.24) is 14.6 Å². The van der Waals surface area contributed by atoms with E-state index in [1.165, 1.54) is 4.52 Å². The topological polar surface area (TPSA) is 71.4 Å². The summed E-state index contributed by atoms with van der Waals surface area (Å²) >= 11 is 0. The van der Waals surface area contributed by atoms with Gasteiger partial charge in [-0.15, -0.1) is 0 Å². The third kappa shape index (κ3) is 3.19. The summed E-state index contributed by atoms with van der Waals surface area (Å²) in [5.74, 6) is 0.803. The Kier molecular flexibility index (Phi) is 4.50. The summed E-state index contributed by atoms with van der Waals surface area (Å²) in [5.41, 5.74) is 7.29. The van der Waals surface area contributed by atoms with Gasteiger partial charge in [0.05, 0.1) is 16.8 Å². The van der Waals surface area contributed by atoms with E-state index in [0.717, 1.165) is 51.6 Å². The van der Waals surface area contributed by atoms with E-state index in [1.807, 2.05) is 85.8 Å². The van der Waals surface area contributed by atoms with Crippen LogP contribution in [-0.4, -0.2) is 27.7 Å². The number of hydrogen-bond donors (Lipinski definition) is 2. The molecule has 0 fully saturated rings. The summed E-state index contributed by atoms with van der Waals surface area (Å²) < 4.78 is 7.19. The zero-order valence-electron chi connectivity index (χ0n) is 18.1. The molecule has 2 aromatic heterocycles. The van der Waals surface area contributed by atoms with Gasteiger partial charge in [-0.25, -0.2) is 0 Å². The quantitative estimate of drug-likeness (QED) is 0.413. The summed E-state index contributed by atoms with van der Waals surface area (Å²) in [4.78, 5) is 17.3. The number of aromatic nitrogens is 3. The highest BCUT2D eigenvalue weighted by atomic mass is 16.5. The van der Waals surface area contributed by atoms with Crippen molar-refractivity contribution in [2.75, 3.05) is 18.5 Å². The predicted molar refractivity (Wildman–Crippen MR) is 131 cm³/mol. The van der Waals surface area contributed by atoms with E-state index >= 15 is 0 Å². The summed E-state index contributed by atoms with van der Waals surface area (Å²) in [5, 5.41) is 8.15. The summed E-state index contributed by atoms with van der Waals surface area (Å²) in [6.45, 7) is 3.31. The second-order valence-electron chi connectivity index (χ2n) is 8.13. The molecule has 3 heterocycles. The monoisotopic (exact) mass is 434 g/mol. The van der Waals surface area contributed by atoms with Crippen LogP contribution in [0.3, 0.4) is 0 Å². The number of ether oxygens (including phenoxy) is 1. The van der Waals surface area contributed by atoms with E-state index in [9.17, 15) is 4.79 Å². The standard InChI is InChI=1S/C27H22N4O2/c1-17-23(20-12-13-22-21(16-20)28-14-15-33-22)27(32)31-26(29-17)24(18-8-4-2-5-9-18)25(30-31)19-10-6-3-7-11-19/h2-13,16,28-29H,14-15H2,1H3. The number of rotatable bonds is 3. The van der Waals surface area contributed by atoms with Crippen LogP contribution in [0.5, 0.6) is 5.75 Å². The summed E-state index contributed by atoms with van der Waals surface area (Å²) in [6, 6.07) is 25.8. The summed E-state index contributed by atoms with van der Waals surface area (Å²) in [7, 11) is 0. The van der Waals surface area contributed by atoms with Crippen molar-refractivity contribution in [1.29, 1.82) is 0 Å². The molecule has 2 N–H and O–H groups in total. The third-order valence-corrected chi connectivity index (χ3v) is 6.03. The van der Waals surface area contributed by atoms with Crippen molar-refractivity contribution in [3.63, 3.8) is 0 Å². The van der Waals surface area contributed by atoms with Crippen LogP contribution in [0.25, 0.3) is 39.2 Å². The number of fused-ring (bicyclic) bond motifs is 2. The first-order chi connectivity index (χ1) is 16.2. The van der Waals surface area contributed by atoms with Crippen molar-refractivity contribution in [3.05, 3.63) is 94.9 Å². The number of aryl methyl sites for hydroxylation is 1. The number of nitrogens with zero attached hydrogens (tertiary/aromatic N) is 2. The molecule has 6 heteroatoms. The molecule has 6 rings (SSSR count). The SMILES string of the molecule is Cc1[nH]c2c(-c3ccccc3)c(-c3ccccc3)nn2c(=O)c1-c1ccc2c(c1)NCCO2. The molecule has 0 radical (unpaired) electrons. The molecule has 0 saturated heterocycles. The molecular weight excluding hydrogens is 412 g/mol. The van der Waals surface area contributed by atoms with E-state index in [-0.39, 0.29) is 5.56 Å². The number of hydrogen-bond acceptors (Lipinski definition) is 4. The highest BCUT2D eigenvalue weighted by Gasteiger charge is 2.22. The fourth-order valence-electron chi connectivity index (χ4n) is 4.50. The molecule has 33 heavy (non-hydrogen) atoms.